The van der Waals surface area contributed by atoms with Crippen LogP contribution in [0.3, 0.4) is 0 Å². The summed E-state index contributed by atoms with van der Waals surface area (Å²) in [6.45, 7) is 0. The molecule has 0 aromatic heterocycles. The van der Waals surface area contributed by atoms with E-state index in [1.54, 1.807) is 6.07 Å². The number of phenolic OH excluding ortho intramolecular Hbond substituents is 2. The number of hydrogen-bond acceptors (Lipinski definition) is 2. The Labute approximate surface area is 81.8 Å². The van der Waals surface area contributed by atoms with Crippen molar-refractivity contribution >= 4 is 11.6 Å². The second kappa shape index (κ2) is 4.64. The summed E-state index contributed by atoms with van der Waals surface area (Å²) in [7, 11) is 0. The van der Waals surface area contributed by atoms with Gasteiger partial charge in [0, 0.05) is 18.4 Å². The summed E-state index contributed by atoms with van der Waals surface area (Å²) in [4.78, 5) is 0. The van der Waals surface area contributed by atoms with Crippen molar-refractivity contribution in [2.45, 2.75) is 6.42 Å². The van der Waals surface area contributed by atoms with Gasteiger partial charge in [-0.25, -0.2) is 0 Å². The molecule has 0 radical (unpaired) electrons. The van der Waals surface area contributed by atoms with Gasteiger partial charge in [-0.3, -0.25) is 0 Å². The molecule has 1 aromatic carbocycles. The number of phenols is 2. The van der Waals surface area contributed by atoms with Gasteiger partial charge in [0.15, 0.2) is 0 Å². The first-order valence-corrected chi connectivity index (χ1v) is 4.34. The highest BCUT2D eigenvalue weighted by Crippen LogP contribution is 2.21. The minimum absolute atomic E-state index is 0.0120. The van der Waals surface area contributed by atoms with Gasteiger partial charge in [0.2, 0.25) is 0 Å². The van der Waals surface area contributed by atoms with Crippen molar-refractivity contribution in [3.05, 3.63) is 23.8 Å². The lowest BCUT2D eigenvalue weighted by molar-refractivity contribution is 0.449. The van der Waals surface area contributed by atoms with Crippen LogP contribution in [-0.4, -0.2) is 16.1 Å². The topological polar surface area (TPSA) is 40.5 Å². The third kappa shape index (κ3) is 2.89. The molecular weight excluding hydrogens is 188 g/mol. The van der Waals surface area contributed by atoms with Gasteiger partial charge in [0.25, 0.3) is 0 Å². The smallest absolute Gasteiger partial charge is 0.134 e. The first kappa shape index (κ1) is 9.76. The van der Waals surface area contributed by atoms with E-state index in [2.05, 4.69) is 11.8 Å². The molecule has 0 bridgehead atoms. The molecule has 0 amide bonds. The number of halogens is 1. The van der Waals surface area contributed by atoms with Gasteiger partial charge in [-0.05, 0) is 12.1 Å². The molecule has 0 fully saturated rings. The number of alkyl halides is 1. The molecule has 13 heavy (non-hydrogen) atoms. The quantitative estimate of drug-likeness (QED) is 0.533. The van der Waals surface area contributed by atoms with Crippen LogP contribution < -0.4 is 0 Å². The van der Waals surface area contributed by atoms with Crippen LogP contribution in [0.25, 0.3) is 0 Å². The van der Waals surface area contributed by atoms with Crippen molar-refractivity contribution < 1.29 is 10.2 Å². The van der Waals surface area contributed by atoms with E-state index < -0.39 is 0 Å². The maximum Gasteiger partial charge on any atom is 0.134 e. The van der Waals surface area contributed by atoms with E-state index in [4.69, 9.17) is 16.7 Å². The molecule has 0 saturated heterocycles. The van der Waals surface area contributed by atoms with E-state index >= 15 is 0 Å². The summed E-state index contributed by atoms with van der Waals surface area (Å²) in [6, 6.07) is 4.29. The van der Waals surface area contributed by atoms with E-state index in [0.717, 1.165) is 0 Å². The molecule has 1 rings (SSSR count). The summed E-state index contributed by atoms with van der Waals surface area (Å²) >= 11 is 5.43. The molecule has 0 unspecified atom stereocenters. The summed E-state index contributed by atoms with van der Waals surface area (Å²) < 4.78 is 0. The Bertz CT molecular complexity index is 350. The summed E-state index contributed by atoms with van der Waals surface area (Å²) in [5.74, 6) is 6.03. The molecule has 2 N–H and O–H groups in total. The molecule has 0 saturated carbocycles. The minimum Gasteiger partial charge on any atom is -0.508 e. The first-order chi connectivity index (χ1) is 6.24. The Morgan fingerprint density at radius 3 is 2.69 bits per heavy atom. The fraction of sp³-hybridized carbons (Fsp3) is 0.200. The fourth-order valence-corrected chi connectivity index (χ4v) is 0.925. The molecule has 0 aliphatic carbocycles. The SMILES string of the molecule is Oc1ccc(C#CCCCl)c(O)c1. The summed E-state index contributed by atoms with van der Waals surface area (Å²) in [5, 5.41) is 18.3. The zero-order valence-electron chi connectivity index (χ0n) is 6.92. The van der Waals surface area contributed by atoms with Crippen LogP contribution in [0.4, 0.5) is 0 Å². The third-order valence-electron chi connectivity index (χ3n) is 1.42. The largest absolute Gasteiger partial charge is 0.508 e. The number of hydrogen-bond donors (Lipinski definition) is 2. The maximum absolute atomic E-state index is 9.30. The van der Waals surface area contributed by atoms with Gasteiger partial charge in [0.05, 0.1) is 5.56 Å². The zero-order valence-corrected chi connectivity index (χ0v) is 7.67. The Morgan fingerprint density at radius 2 is 2.08 bits per heavy atom. The minimum atomic E-state index is -0.0120. The monoisotopic (exact) mass is 196 g/mol. The molecule has 0 heterocycles. The van der Waals surface area contributed by atoms with Crippen LogP contribution in [0.1, 0.15) is 12.0 Å². The maximum atomic E-state index is 9.30. The predicted octanol–water partition coefficient (Wildman–Crippen LogP) is 2.08. The summed E-state index contributed by atoms with van der Waals surface area (Å²) in [5.41, 5.74) is 0.503. The van der Waals surface area contributed by atoms with Crippen molar-refractivity contribution in [3.63, 3.8) is 0 Å². The molecule has 0 aliphatic heterocycles. The predicted molar refractivity (Wildman–Crippen MR) is 52.0 cm³/mol. The Hall–Kier alpha value is -1.33. The van der Waals surface area contributed by atoms with E-state index in [1.165, 1.54) is 12.1 Å². The van der Waals surface area contributed by atoms with Crippen molar-refractivity contribution in [2.24, 2.45) is 0 Å². The molecule has 0 atom stereocenters. The van der Waals surface area contributed by atoms with E-state index in [0.29, 0.717) is 17.9 Å². The van der Waals surface area contributed by atoms with E-state index in [1.807, 2.05) is 0 Å². The third-order valence-corrected chi connectivity index (χ3v) is 1.61. The highest BCUT2D eigenvalue weighted by atomic mass is 35.5. The van der Waals surface area contributed by atoms with Crippen LogP contribution in [0.5, 0.6) is 11.5 Å². The molecule has 68 valence electrons. The van der Waals surface area contributed by atoms with Crippen LogP contribution in [-0.2, 0) is 0 Å². The lowest BCUT2D eigenvalue weighted by Gasteiger charge is -1.96. The van der Waals surface area contributed by atoms with Crippen LogP contribution in [0, 0.1) is 11.8 Å². The van der Waals surface area contributed by atoms with Crippen molar-refractivity contribution in [3.8, 4) is 23.3 Å². The lowest BCUT2D eigenvalue weighted by Crippen LogP contribution is -1.76. The molecule has 0 spiro atoms. The summed E-state index contributed by atoms with van der Waals surface area (Å²) in [6.07, 6.45) is 0.585. The highest BCUT2D eigenvalue weighted by molar-refractivity contribution is 6.18. The van der Waals surface area contributed by atoms with Gasteiger partial charge < -0.3 is 10.2 Å². The van der Waals surface area contributed by atoms with E-state index in [9.17, 15) is 5.11 Å². The molecule has 3 heteroatoms. The standard InChI is InChI=1S/C10H9ClO2/c11-6-2-1-3-8-4-5-9(12)7-10(8)13/h4-5,7,12-13H,2,6H2. The Balaban J connectivity index is 2.85. The second-order valence-corrected chi connectivity index (χ2v) is 2.82. The van der Waals surface area contributed by atoms with Gasteiger partial charge in [0.1, 0.15) is 11.5 Å². The van der Waals surface area contributed by atoms with Gasteiger partial charge >= 0.3 is 0 Å². The van der Waals surface area contributed by atoms with Gasteiger partial charge in [-0.15, -0.1) is 11.6 Å². The average molecular weight is 197 g/mol. The average Bonchev–Trinajstić information content (AvgIpc) is 2.09. The van der Waals surface area contributed by atoms with Crippen LogP contribution >= 0.6 is 11.6 Å². The zero-order chi connectivity index (χ0) is 9.68. The van der Waals surface area contributed by atoms with Crippen molar-refractivity contribution in [1.29, 1.82) is 0 Å². The normalized spacial score (nSPS) is 9.00. The Morgan fingerprint density at radius 1 is 1.31 bits per heavy atom. The molecule has 0 aliphatic rings. The number of rotatable bonds is 1. The molecular formula is C10H9ClO2. The fourth-order valence-electron chi connectivity index (χ4n) is 0.831. The molecule has 2 nitrogen and oxygen atoms in total. The van der Waals surface area contributed by atoms with Crippen LogP contribution in [0.2, 0.25) is 0 Å². The first-order valence-electron chi connectivity index (χ1n) is 3.81. The van der Waals surface area contributed by atoms with Crippen LogP contribution in [0.15, 0.2) is 18.2 Å². The number of aromatic hydroxyl groups is 2. The lowest BCUT2D eigenvalue weighted by atomic mass is 10.2. The van der Waals surface area contributed by atoms with Gasteiger partial charge in [-0.1, -0.05) is 11.8 Å². The second-order valence-electron chi connectivity index (χ2n) is 2.44. The molecule has 1 aromatic rings. The van der Waals surface area contributed by atoms with E-state index in [-0.39, 0.29) is 11.5 Å². The highest BCUT2D eigenvalue weighted by Gasteiger charge is 1.97. The Kier molecular flexibility index (Phi) is 3.48. The van der Waals surface area contributed by atoms with Gasteiger partial charge in [-0.2, -0.15) is 0 Å². The number of benzene rings is 1. The van der Waals surface area contributed by atoms with Crippen molar-refractivity contribution in [2.75, 3.05) is 5.88 Å². The van der Waals surface area contributed by atoms with Crippen molar-refractivity contribution in [1.82, 2.24) is 0 Å².